The highest BCUT2D eigenvalue weighted by molar-refractivity contribution is 6.34. The molecule has 8 nitrogen and oxygen atoms in total. The van der Waals surface area contributed by atoms with Gasteiger partial charge in [0, 0.05) is 42.8 Å². The molecule has 0 fully saturated rings. The molecule has 9 heteroatoms. The number of carbonyl (C=O) groups excluding carboxylic acids is 2. The first-order chi connectivity index (χ1) is 18.6. The number of fused-ring (bicyclic) bond motifs is 1. The van der Waals surface area contributed by atoms with Crippen LogP contribution in [0.25, 0.3) is 22.3 Å². The number of methoxy groups -OCH3 is 1. The number of anilines is 2. The van der Waals surface area contributed by atoms with Crippen molar-refractivity contribution in [3.05, 3.63) is 82.4 Å². The molecule has 202 valence electrons. The number of amides is 2. The van der Waals surface area contributed by atoms with Crippen LogP contribution in [0, 0.1) is 5.41 Å². The average Bonchev–Trinajstić information content (AvgIpc) is 2.91. The summed E-state index contributed by atoms with van der Waals surface area (Å²) >= 11 is 6.37. The predicted molar refractivity (Wildman–Crippen MR) is 156 cm³/mol. The van der Waals surface area contributed by atoms with E-state index >= 15 is 0 Å². The van der Waals surface area contributed by atoms with E-state index in [0.29, 0.717) is 46.6 Å². The lowest BCUT2D eigenvalue weighted by molar-refractivity contribution is -0.128. The van der Waals surface area contributed by atoms with E-state index < -0.39 is 5.41 Å². The number of nitrogens with one attached hydrogen (secondary N) is 3. The SMILES string of the molecule is CNc1nc(-c2cccc(COC)c2)nc2cc(NC(=O)c3cc(CNC(=O)C(C)(C)C)ccc3Cl)ccc12. The summed E-state index contributed by atoms with van der Waals surface area (Å²) in [6.07, 6.45) is 0. The van der Waals surface area contributed by atoms with Gasteiger partial charge in [-0.1, -0.05) is 56.6 Å². The van der Waals surface area contributed by atoms with E-state index in [9.17, 15) is 9.59 Å². The summed E-state index contributed by atoms with van der Waals surface area (Å²) in [5.74, 6) is 0.797. The van der Waals surface area contributed by atoms with E-state index in [1.54, 1.807) is 37.4 Å². The van der Waals surface area contributed by atoms with E-state index in [1.807, 2.05) is 58.2 Å². The summed E-state index contributed by atoms with van der Waals surface area (Å²) in [7, 11) is 3.46. The number of carbonyl (C=O) groups is 2. The van der Waals surface area contributed by atoms with Gasteiger partial charge in [0.2, 0.25) is 5.91 Å². The van der Waals surface area contributed by atoms with Crippen LogP contribution in [0.3, 0.4) is 0 Å². The maximum absolute atomic E-state index is 13.2. The molecule has 0 aliphatic rings. The Labute approximate surface area is 233 Å². The molecular weight excluding hydrogens is 514 g/mol. The minimum absolute atomic E-state index is 0.0765. The molecule has 0 unspecified atom stereocenters. The highest BCUT2D eigenvalue weighted by atomic mass is 35.5. The van der Waals surface area contributed by atoms with Crippen molar-refractivity contribution in [2.24, 2.45) is 5.41 Å². The van der Waals surface area contributed by atoms with Crippen LogP contribution in [-0.2, 0) is 22.7 Å². The monoisotopic (exact) mass is 545 g/mol. The lowest BCUT2D eigenvalue weighted by Crippen LogP contribution is -2.34. The molecule has 39 heavy (non-hydrogen) atoms. The third-order valence-corrected chi connectivity index (χ3v) is 6.43. The van der Waals surface area contributed by atoms with Crippen LogP contribution < -0.4 is 16.0 Å². The third kappa shape index (κ3) is 6.71. The van der Waals surface area contributed by atoms with Gasteiger partial charge in [-0.3, -0.25) is 9.59 Å². The average molecular weight is 546 g/mol. The van der Waals surface area contributed by atoms with E-state index in [-0.39, 0.29) is 11.8 Å². The highest BCUT2D eigenvalue weighted by Gasteiger charge is 2.21. The molecule has 4 aromatic rings. The minimum Gasteiger partial charge on any atom is -0.380 e. The van der Waals surface area contributed by atoms with Crippen molar-refractivity contribution in [3.8, 4) is 11.4 Å². The molecule has 0 saturated carbocycles. The highest BCUT2D eigenvalue weighted by Crippen LogP contribution is 2.28. The largest absolute Gasteiger partial charge is 0.380 e. The Morgan fingerprint density at radius 3 is 2.49 bits per heavy atom. The first-order valence-electron chi connectivity index (χ1n) is 12.5. The summed E-state index contributed by atoms with van der Waals surface area (Å²) in [6, 6.07) is 18.5. The van der Waals surface area contributed by atoms with Crippen LogP contribution in [0.15, 0.2) is 60.7 Å². The first kappa shape index (κ1) is 28.0. The zero-order chi connectivity index (χ0) is 28.2. The van der Waals surface area contributed by atoms with Gasteiger partial charge in [-0.15, -0.1) is 0 Å². The van der Waals surface area contributed by atoms with Crippen molar-refractivity contribution >= 4 is 45.8 Å². The minimum atomic E-state index is -0.508. The fraction of sp³-hybridized carbons (Fsp3) is 0.267. The van der Waals surface area contributed by atoms with Gasteiger partial charge in [-0.2, -0.15) is 0 Å². The summed E-state index contributed by atoms with van der Waals surface area (Å²) in [6.45, 7) is 6.32. The molecule has 1 aromatic heterocycles. The second-order valence-corrected chi connectivity index (χ2v) is 10.6. The van der Waals surface area contributed by atoms with Gasteiger partial charge in [-0.25, -0.2) is 9.97 Å². The summed E-state index contributed by atoms with van der Waals surface area (Å²) in [5.41, 5.74) is 3.69. The maximum Gasteiger partial charge on any atom is 0.257 e. The number of rotatable bonds is 8. The predicted octanol–water partition coefficient (Wildman–Crippen LogP) is 6.05. The fourth-order valence-corrected chi connectivity index (χ4v) is 4.20. The van der Waals surface area contributed by atoms with Gasteiger partial charge in [0.1, 0.15) is 5.82 Å². The van der Waals surface area contributed by atoms with Crippen LogP contribution in [0.4, 0.5) is 11.5 Å². The van der Waals surface area contributed by atoms with Gasteiger partial charge >= 0.3 is 0 Å². The Morgan fingerprint density at radius 1 is 0.974 bits per heavy atom. The molecule has 0 aliphatic heterocycles. The van der Waals surface area contributed by atoms with Crippen LogP contribution >= 0.6 is 11.6 Å². The number of aromatic nitrogens is 2. The second-order valence-electron chi connectivity index (χ2n) is 10.2. The smallest absolute Gasteiger partial charge is 0.257 e. The molecule has 3 aromatic carbocycles. The van der Waals surface area contributed by atoms with E-state index in [4.69, 9.17) is 26.3 Å². The first-order valence-corrected chi connectivity index (χ1v) is 12.9. The molecule has 0 atom stereocenters. The molecule has 0 aliphatic carbocycles. The van der Waals surface area contributed by atoms with Crippen molar-refractivity contribution in [1.29, 1.82) is 0 Å². The number of benzene rings is 3. The molecular formula is C30H32ClN5O3. The Hall–Kier alpha value is -4.01. The lowest BCUT2D eigenvalue weighted by atomic mass is 9.95. The number of hydrogen-bond acceptors (Lipinski definition) is 6. The Kier molecular flexibility index (Phi) is 8.47. The molecule has 0 saturated heterocycles. The zero-order valence-corrected chi connectivity index (χ0v) is 23.4. The lowest BCUT2D eigenvalue weighted by Gasteiger charge is -2.18. The molecule has 0 spiro atoms. The van der Waals surface area contributed by atoms with Crippen LogP contribution in [0.1, 0.15) is 42.3 Å². The molecule has 1 heterocycles. The molecule has 0 bridgehead atoms. The fourth-order valence-electron chi connectivity index (χ4n) is 4.00. The van der Waals surface area contributed by atoms with Crippen molar-refractivity contribution in [3.63, 3.8) is 0 Å². The Bertz CT molecular complexity index is 1530. The molecule has 2 amide bonds. The molecule has 0 radical (unpaired) electrons. The van der Waals surface area contributed by atoms with Gasteiger partial charge in [0.15, 0.2) is 5.82 Å². The Morgan fingerprint density at radius 2 is 1.77 bits per heavy atom. The summed E-state index contributed by atoms with van der Waals surface area (Å²) in [5, 5.41) is 10.1. The van der Waals surface area contributed by atoms with Gasteiger partial charge < -0.3 is 20.7 Å². The third-order valence-electron chi connectivity index (χ3n) is 6.10. The number of halogens is 1. The van der Waals surface area contributed by atoms with Crippen molar-refractivity contribution in [1.82, 2.24) is 15.3 Å². The number of hydrogen-bond donors (Lipinski definition) is 3. The van der Waals surface area contributed by atoms with Crippen LogP contribution in [0.5, 0.6) is 0 Å². The maximum atomic E-state index is 13.2. The van der Waals surface area contributed by atoms with Crippen molar-refractivity contribution in [2.45, 2.75) is 33.9 Å². The second kappa shape index (κ2) is 11.8. The Balaban J connectivity index is 1.60. The topological polar surface area (TPSA) is 105 Å². The van der Waals surface area contributed by atoms with Gasteiger partial charge in [0.05, 0.1) is 22.7 Å². The molecule has 4 rings (SSSR count). The zero-order valence-electron chi connectivity index (χ0n) is 22.7. The number of nitrogens with zero attached hydrogens (tertiary/aromatic N) is 2. The normalized spacial score (nSPS) is 11.3. The molecule has 3 N–H and O–H groups in total. The summed E-state index contributed by atoms with van der Waals surface area (Å²) < 4.78 is 5.25. The van der Waals surface area contributed by atoms with Crippen LogP contribution in [-0.4, -0.2) is 35.9 Å². The van der Waals surface area contributed by atoms with Gasteiger partial charge in [-0.05, 0) is 47.5 Å². The van der Waals surface area contributed by atoms with Crippen molar-refractivity contribution < 1.29 is 14.3 Å². The van der Waals surface area contributed by atoms with Gasteiger partial charge in [0.25, 0.3) is 5.91 Å². The van der Waals surface area contributed by atoms with E-state index in [0.717, 1.165) is 22.1 Å². The van der Waals surface area contributed by atoms with Crippen molar-refractivity contribution in [2.75, 3.05) is 24.8 Å². The quantitative estimate of drug-likeness (QED) is 0.249. The van der Waals surface area contributed by atoms with E-state index in [1.165, 1.54) is 0 Å². The van der Waals surface area contributed by atoms with E-state index in [2.05, 4.69) is 16.0 Å². The number of ether oxygens (including phenoxy) is 1. The standard InChI is InChI=1S/C30H32ClN5O3/c1-30(2,3)29(38)33-16-18-9-12-24(31)23(14-18)28(37)34-21-10-11-22-25(15-21)35-26(36-27(22)32-4)20-8-6-7-19(13-20)17-39-5/h6-15H,16-17H2,1-5H3,(H,33,38)(H,34,37)(H,32,35,36). The summed E-state index contributed by atoms with van der Waals surface area (Å²) in [4.78, 5) is 34.9. The van der Waals surface area contributed by atoms with Crippen LogP contribution in [0.2, 0.25) is 5.02 Å².